The van der Waals surface area contributed by atoms with Gasteiger partial charge in [-0.25, -0.2) is 14.8 Å². The Morgan fingerprint density at radius 1 is 1.09 bits per heavy atom. The summed E-state index contributed by atoms with van der Waals surface area (Å²) in [6.07, 6.45) is 0. The number of hydrogen-bond donors (Lipinski definition) is 1. The van der Waals surface area contributed by atoms with Crippen LogP contribution in [0.4, 0.5) is 0 Å². The van der Waals surface area contributed by atoms with E-state index in [1.165, 1.54) is 6.07 Å². The van der Waals surface area contributed by atoms with Crippen LogP contribution >= 0.6 is 0 Å². The Morgan fingerprint density at radius 3 is 2.52 bits per heavy atom. The highest BCUT2D eigenvalue weighted by Crippen LogP contribution is 2.20. The summed E-state index contributed by atoms with van der Waals surface area (Å²) in [5.74, 6) is -0.678. The molecule has 0 amide bonds. The van der Waals surface area contributed by atoms with Gasteiger partial charge in [0.25, 0.3) is 0 Å². The first-order valence-electron chi connectivity index (χ1n) is 7.23. The summed E-state index contributed by atoms with van der Waals surface area (Å²) in [6.45, 7) is 3.68. The third-order valence-electron chi connectivity index (χ3n) is 3.55. The fourth-order valence-electron chi connectivity index (χ4n) is 2.29. The average Bonchev–Trinajstić information content (AvgIpc) is 2.54. The summed E-state index contributed by atoms with van der Waals surface area (Å²) < 4.78 is 5.28. The molecule has 0 aliphatic rings. The van der Waals surface area contributed by atoms with E-state index in [-0.39, 0.29) is 17.9 Å². The number of aryl methyl sites for hydroxylation is 2. The third kappa shape index (κ3) is 3.13. The number of esters is 1. The van der Waals surface area contributed by atoms with Crippen molar-refractivity contribution in [1.82, 2.24) is 9.97 Å². The molecule has 0 unspecified atom stereocenters. The Balaban J connectivity index is 1.81. The first-order valence-corrected chi connectivity index (χ1v) is 7.23. The van der Waals surface area contributed by atoms with Crippen LogP contribution in [-0.2, 0) is 11.3 Å². The Hall–Kier alpha value is -2.95. The van der Waals surface area contributed by atoms with Gasteiger partial charge in [0.1, 0.15) is 17.9 Å². The van der Waals surface area contributed by atoms with Gasteiger partial charge in [0.05, 0.1) is 22.4 Å². The fraction of sp³-hybridized carbons (Fsp3) is 0.167. The molecule has 0 aliphatic carbocycles. The smallest absolute Gasteiger partial charge is 0.342 e. The first-order chi connectivity index (χ1) is 11.0. The van der Waals surface area contributed by atoms with Gasteiger partial charge in [-0.2, -0.15) is 0 Å². The van der Waals surface area contributed by atoms with Crippen LogP contribution in [0.25, 0.3) is 11.0 Å². The molecule has 3 rings (SSSR count). The molecule has 116 valence electrons. The van der Waals surface area contributed by atoms with Crippen molar-refractivity contribution >= 4 is 17.0 Å². The molecule has 0 spiro atoms. The van der Waals surface area contributed by atoms with Crippen LogP contribution in [0.5, 0.6) is 5.75 Å². The number of aromatic nitrogens is 2. The fourth-order valence-corrected chi connectivity index (χ4v) is 2.29. The van der Waals surface area contributed by atoms with E-state index in [9.17, 15) is 9.90 Å². The van der Waals surface area contributed by atoms with Gasteiger partial charge in [-0.15, -0.1) is 0 Å². The van der Waals surface area contributed by atoms with Crippen molar-refractivity contribution in [2.75, 3.05) is 0 Å². The lowest BCUT2D eigenvalue weighted by Gasteiger charge is -2.09. The summed E-state index contributed by atoms with van der Waals surface area (Å²) in [4.78, 5) is 21.1. The number of fused-ring (bicyclic) bond motifs is 1. The van der Waals surface area contributed by atoms with Crippen molar-refractivity contribution < 1.29 is 14.6 Å². The molecule has 0 fully saturated rings. The summed E-state index contributed by atoms with van der Waals surface area (Å²) in [6, 6.07) is 12.3. The quantitative estimate of drug-likeness (QED) is 0.752. The molecule has 0 saturated carbocycles. The van der Waals surface area contributed by atoms with Crippen LogP contribution in [0, 0.1) is 13.8 Å². The number of benzene rings is 2. The van der Waals surface area contributed by atoms with E-state index in [0.717, 1.165) is 16.6 Å². The standard InChI is InChI=1S/C18H16N2O3/c1-11-7-8-17(21)13(9-11)18(22)23-10-16-12(2)19-14-5-3-4-6-15(14)20-16/h3-9,21H,10H2,1-2H3. The topological polar surface area (TPSA) is 72.3 Å². The molecule has 1 N–H and O–H groups in total. The van der Waals surface area contributed by atoms with Crippen molar-refractivity contribution in [2.45, 2.75) is 20.5 Å². The van der Waals surface area contributed by atoms with Gasteiger partial charge in [0.15, 0.2) is 0 Å². The average molecular weight is 308 g/mol. The number of phenols is 1. The maximum Gasteiger partial charge on any atom is 0.342 e. The lowest BCUT2D eigenvalue weighted by Crippen LogP contribution is -2.08. The number of aromatic hydroxyl groups is 1. The van der Waals surface area contributed by atoms with Crippen molar-refractivity contribution in [3.05, 3.63) is 65.0 Å². The van der Waals surface area contributed by atoms with E-state index in [2.05, 4.69) is 9.97 Å². The van der Waals surface area contributed by atoms with Crippen LogP contribution in [-0.4, -0.2) is 21.0 Å². The number of phenolic OH excluding ortho intramolecular Hbond substituents is 1. The molecule has 3 aromatic rings. The highest BCUT2D eigenvalue weighted by atomic mass is 16.5. The number of hydrogen-bond acceptors (Lipinski definition) is 5. The minimum absolute atomic E-state index is 0.00980. The molecule has 1 heterocycles. The molecule has 0 radical (unpaired) electrons. The zero-order valence-corrected chi connectivity index (χ0v) is 12.9. The molecule has 5 heteroatoms. The van der Waals surface area contributed by atoms with E-state index >= 15 is 0 Å². The number of nitrogens with zero attached hydrogens (tertiary/aromatic N) is 2. The van der Waals surface area contributed by atoms with Gasteiger partial charge in [-0.3, -0.25) is 0 Å². The minimum Gasteiger partial charge on any atom is -0.507 e. The molecule has 0 atom stereocenters. The summed E-state index contributed by atoms with van der Waals surface area (Å²) in [7, 11) is 0. The number of carbonyl (C=O) groups is 1. The van der Waals surface area contributed by atoms with Crippen LogP contribution in [0.1, 0.15) is 27.3 Å². The number of carbonyl (C=O) groups excluding carboxylic acids is 1. The van der Waals surface area contributed by atoms with Crippen molar-refractivity contribution in [2.24, 2.45) is 0 Å². The highest BCUT2D eigenvalue weighted by Gasteiger charge is 2.14. The Bertz CT molecular complexity index is 891. The predicted octanol–water partition coefficient (Wildman–Crippen LogP) is 3.31. The van der Waals surface area contributed by atoms with Gasteiger partial charge in [-0.1, -0.05) is 23.8 Å². The van der Waals surface area contributed by atoms with Gasteiger partial charge in [-0.05, 0) is 38.1 Å². The monoisotopic (exact) mass is 308 g/mol. The molecular weight excluding hydrogens is 292 g/mol. The van der Waals surface area contributed by atoms with Crippen molar-refractivity contribution in [1.29, 1.82) is 0 Å². The zero-order chi connectivity index (χ0) is 16.4. The zero-order valence-electron chi connectivity index (χ0n) is 12.9. The second-order valence-corrected chi connectivity index (χ2v) is 5.34. The van der Waals surface area contributed by atoms with Crippen LogP contribution in [0.3, 0.4) is 0 Å². The van der Waals surface area contributed by atoms with Gasteiger partial charge < -0.3 is 9.84 Å². The second kappa shape index (κ2) is 6.04. The maximum absolute atomic E-state index is 12.1. The maximum atomic E-state index is 12.1. The lowest BCUT2D eigenvalue weighted by molar-refractivity contribution is 0.0463. The van der Waals surface area contributed by atoms with E-state index in [0.29, 0.717) is 11.4 Å². The van der Waals surface area contributed by atoms with E-state index < -0.39 is 5.97 Å². The molecule has 23 heavy (non-hydrogen) atoms. The van der Waals surface area contributed by atoms with Gasteiger partial charge >= 0.3 is 5.97 Å². The second-order valence-electron chi connectivity index (χ2n) is 5.34. The number of rotatable bonds is 3. The first kappa shape index (κ1) is 15.0. The molecular formula is C18H16N2O3. The molecule has 1 aromatic heterocycles. The Morgan fingerprint density at radius 2 is 1.78 bits per heavy atom. The van der Waals surface area contributed by atoms with E-state index in [4.69, 9.17) is 4.74 Å². The molecule has 0 saturated heterocycles. The third-order valence-corrected chi connectivity index (χ3v) is 3.55. The van der Waals surface area contributed by atoms with Crippen LogP contribution in [0.15, 0.2) is 42.5 Å². The normalized spacial score (nSPS) is 10.7. The van der Waals surface area contributed by atoms with E-state index in [1.807, 2.05) is 38.1 Å². The van der Waals surface area contributed by atoms with Crippen molar-refractivity contribution in [3.63, 3.8) is 0 Å². The molecule has 0 bridgehead atoms. The lowest BCUT2D eigenvalue weighted by atomic mass is 10.1. The van der Waals surface area contributed by atoms with Gasteiger partial charge in [0.2, 0.25) is 0 Å². The Kier molecular flexibility index (Phi) is 3.93. The predicted molar refractivity (Wildman–Crippen MR) is 86.2 cm³/mol. The van der Waals surface area contributed by atoms with Crippen LogP contribution in [0.2, 0.25) is 0 Å². The largest absolute Gasteiger partial charge is 0.507 e. The molecule has 5 nitrogen and oxygen atoms in total. The SMILES string of the molecule is Cc1ccc(O)c(C(=O)OCc2nc3ccccc3nc2C)c1. The van der Waals surface area contributed by atoms with E-state index in [1.54, 1.807) is 12.1 Å². The summed E-state index contributed by atoms with van der Waals surface area (Å²) in [5.41, 5.74) is 3.89. The Labute approximate surface area is 133 Å². The molecule has 2 aromatic carbocycles. The molecule has 0 aliphatic heterocycles. The number of ether oxygens (including phenoxy) is 1. The van der Waals surface area contributed by atoms with Crippen molar-refractivity contribution in [3.8, 4) is 5.75 Å². The van der Waals surface area contributed by atoms with Gasteiger partial charge in [0, 0.05) is 0 Å². The summed E-state index contributed by atoms with van der Waals surface area (Å²) in [5, 5.41) is 9.77. The minimum atomic E-state index is -0.583. The number of para-hydroxylation sites is 2. The van der Waals surface area contributed by atoms with Crippen LogP contribution < -0.4 is 0 Å². The highest BCUT2D eigenvalue weighted by molar-refractivity contribution is 5.92. The summed E-state index contributed by atoms with van der Waals surface area (Å²) >= 11 is 0.